The second-order valence-electron chi connectivity index (χ2n) is 14.1. The first-order valence-corrected chi connectivity index (χ1v) is 20.9. The fraction of sp³-hybridized carbons (Fsp3) is 0.750. The van der Waals surface area contributed by atoms with Crippen molar-refractivity contribution in [2.45, 2.75) is 185 Å². The number of carbonyl (C=O) groups excluding carboxylic acids is 1. The quantitative estimate of drug-likeness (QED) is 0.0290. The largest absolute Gasteiger partial charge is 0.457 e. The van der Waals surface area contributed by atoms with Gasteiger partial charge in [0.1, 0.15) is 30.5 Å². The van der Waals surface area contributed by atoms with E-state index in [2.05, 4.69) is 74.6 Å². The minimum absolute atomic E-state index is 0.121. The minimum Gasteiger partial charge on any atom is -0.457 e. The molecule has 1 fully saturated rings. The molecule has 1 heterocycles. The Labute approximate surface area is 322 Å². The Kier molecular flexibility index (Phi) is 32.8. The Morgan fingerprint density at radius 1 is 0.623 bits per heavy atom. The monoisotopic (exact) mass is 749 g/mol. The van der Waals surface area contributed by atoms with Gasteiger partial charge in [0.25, 0.3) is 0 Å². The van der Waals surface area contributed by atoms with Crippen LogP contribution in [-0.2, 0) is 23.7 Å². The maximum absolute atomic E-state index is 12.7. The molecule has 1 saturated heterocycles. The van der Waals surface area contributed by atoms with Crippen molar-refractivity contribution in [3.05, 3.63) is 60.8 Å². The Morgan fingerprint density at radius 2 is 1.13 bits per heavy atom. The molecule has 53 heavy (non-hydrogen) atoms. The van der Waals surface area contributed by atoms with Crippen LogP contribution in [0.15, 0.2) is 60.8 Å². The van der Waals surface area contributed by atoms with Gasteiger partial charge in [-0.1, -0.05) is 152 Å². The number of rotatable bonds is 34. The topological polar surface area (TPSA) is 135 Å². The Bertz CT molecular complexity index is 989. The molecule has 1 aliphatic rings. The average Bonchev–Trinajstić information content (AvgIpc) is 3.16. The van der Waals surface area contributed by atoms with Gasteiger partial charge >= 0.3 is 5.97 Å². The van der Waals surface area contributed by atoms with Crippen LogP contribution in [0.3, 0.4) is 0 Å². The summed E-state index contributed by atoms with van der Waals surface area (Å²) >= 11 is 0. The normalized spacial score (nSPS) is 21.7. The molecular weight excluding hydrogens is 672 g/mol. The van der Waals surface area contributed by atoms with Crippen molar-refractivity contribution >= 4 is 5.97 Å². The second kappa shape index (κ2) is 35.6. The molecule has 0 spiro atoms. The maximum Gasteiger partial charge on any atom is 0.306 e. The maximum atomic E-state index is 12.7. The summed E-state index contributed by atoms with van der Waals surface area (Å²) in [5.74, 6) is -0.371. The first kappa shape index (κ1) is 48.9. The minimum atomic E-state index is -1.55. The summed E-state index contributed by atoms with van der Waals surface area (Å²) in [7, 11) is 0. The summed E-state index contributed by atoms with van der Waals surface area (Å²) in [6.07, 6.45) is 36.8. The van der Waals surface area contributed by atoms with Crippen molar-refractivity contribution in [3.8, 4) is 0 Å². The number of hydrogen-bond donors (Lipinski definition) is 4. The third kappa shape index (κ3) is 27.2. The third-order valence-electron chi connectivity index (χ3n) is 9.20. The van der Waals surface area contributed by atoms with Gasteiger partial charge in [-0.05, 0) is 51.4 Å². The van der Waals surface area contributed by atoms with Crippen LogP contribution in [0.25, 0.3) is 0 Å². The van der Waals surface area contributed by atoms with Gasteiger partial charge < -0.3 is 39.4 Å². The SMILES string of the molecule is CC/C=C\C/C=C\C/C=C\C/C=C\C/C=C\CCCC(=O)OC(COCCCCCCCCCCCCCCC)COC1OC(CO)C(O)C(O)C1O. The molecule has 9 nitrogen and oxygen atoms in total. The molecular formula is C44H76O9. The molecule has 0 bridgehead atoms. The molecule has 6 atom stereocenters. The van der Waals surface area contributed by atoms with E-state index in [1.54, 1.807) is 0 Å². The van der Waals surface area contributed by atoms with Crippen LogP contribution >= 0.6 is 0 Å². The summed E-state index contributed by atoms with van der Waals surface area (Å²) in [6, 6.07) is 0. The lowest BCUT2D eigenvalue weighted by Gasteiger charge is -2.39. The molecule has 9 heteroatoms. The lowest BCUT2D eigenvalue weighted by atomic mass is 9.99. The summed E-state index contributed by atoms with van der Waals surface area (Å²) in [5, 5.41) is 40.0. The van der Waals surface area contributed by atoms with E-state index in [1.807, 2.05) is 0 Å². The number of ether oxygens (including phenoxy) is 4. The number of unbranched alkanes of at least 4 members (excludes halogenated alkanes) is 13. The molecule has 0 aromatic heterocycles. The van der Waals surface area contributed by atoms with E-state index >= 15 is 0 Å². The average molecular weight is 749 g/mol. The van der Waals surface area contributed by atoms with Gasteiger partial charge in [0.2, 0.25) is 0 Å². The molecule has 1 rings (SSSR count). The smallest absolute Gasteiger partial charge is 0.306 e. The highest BCUT2D eigenvalue weighted by atomic mass is 16.7. The number of hydrogen-bond acceptors (Lipinski definition) is 9. The van der Waals surface area contributed by atoms with Gasteiger partial charge in [-0.25, -0.2) is 0 Å². The molecule has 306 valence electrons. The van der Waals surface area contributed by atoms with Crippen molar-refractivity contribution in [3.63, 3.8) is 0 Å². The van der Waals surface area contributed by atoms with Crippen molar-refractivity contribution in [1.29, 1.82) is 0 Å². The molecule has 6 unspecified atom stereocenters. The molecule has 4 N–H and O–H groups in total. The summed E-state index contributed by atoms with van der Waals surface area (Å²) in [6.45, 7) is 4.36. The van der Waals surface area contributed by atoms with Crippen molar-refractivity contribution in [1.82, 2.24) is 0 Å². The molecule has 0 aliphatic carbocycles. The molecule has 0 aromatic rings. The number of aliphatic hydroxyl groups is 4. The third-order valence-corrected chi connectivity index (χ3v) is 9.20. The van der Waals surface area contributed by atoms with Crippen LogP contribution in [0.1, 0.15) is 149 Å². The summed E-state index contributed by atoms with van der Waals surface area (Å²) in [5.41, 5.74) is 0. The standard InChI is InChI=1S/C44H76O9/c1-3-5-7-9-11-13-15-17-18-19-20-21-23-25-27-29-31-33-40(46)52-38(37-51-44-43(49)42(48)41(47)39(35-45)53-44)36-50-34-32-30-28-26-24-22-16-14-12-10-8-6-4-2/h5,7,11,13,17-18,20-21,25,27,38-39,41-45,47-49H,3-4,6,8-10,12,14-16,19,22-24,26,28-37H2,1-2H3/b7-5-,13-11-,18-17-,21-20-,27-25-. The number of carbonyl (C=O) groups is 1. The number of allylic oxidation sites excluding steroid dienone is 10. The Hall–Kier alpha value is -2.11. The van der Waals surface area contributed by atoms with Crippen LogP contribution < -0.4 is 0 Å². The van der Waals surface area contributed by atoms with E-state index in [1.165, 1.54) is 70.6 Å². The molecule has 0 radical (unpaired) electrons. The Balaban J connectivity index is 2.35. The zero-order valence-corrected chi connectivity index (χ0v) is 33.2. The van der Waals surface area contributed by atoms with E-state index < -0.39 is 43.4 Å². The van der Waals surface area contributed by atoms with Crippen LogP contribution in [0.4, 0.5) is 0 Å². The predicted octanol–water partition coefficient (Wildman–Crippen LogP) is 8.74. The zero-order chi connectivity index (χ0) is 38.6. The van der Waals surface area contributed by atoms with E-state index in [0.717, 1.165) is 51.4 Å². The number of esters is 1. The van der Waals surface area contributed by atoms with Crippen LogP contribution in [0.2, 0.25) is 0 Å². The summed E-state index contributed by atoms with van der Waals surface area (Å²) < 4.78 is 22.7. The van der Waals surface area contributed by atoms with Crippen LogP contribution in [-0.4, -0.2) is 89.6 Å². The van der Waals surface area contributed by atoms with Gasteiger partial charge in [-0.2, -0.15) is 0 Å². The van der Waals surface area contributed by atoms with Gasteiger partial charge in [-0.15, -0.1) is 0 Å². The highest BCUT2D eigenvalue weighted by molar-refractivity contribution is 5.69. The summed E-state index contributed by atoms with van der Waals surface area (Å²) in [4.78, 5) is 12.7. The van der Waals surface area contributed by atoms with Gasteiger partial charge in [0, 0.05) is 13.0 Å². The fourth-order valence-corrected chi connectivity index (χ4v) is 5.94. The lowest BCUT2D eigenvalue weighted by Crippen LogP contribution is -2.59. The van der Waals surface area contributed by atoms with E-state index in [-0.39, 0.29) is 25.6 Å². The highest BCUT2D eigenvalue weighted by Gasteiger charge is 2.44. The van der Waals surface area contributed by atoms with E-state index in [9.17, 15) is 25.2 Å². The molecule has 1 aliphatic heterocycles. The van der Waals surface area contributed by atoms with Gasteiger partial charge in [-0.3, -0.25) is 4.79 Å². The van der Waals surface area contributed by atoms with Crippen molar-refractivity contribution < 1.29 is 44.2 Å². The Morgan fingerprint density at radius 3 is 1.66 bits per heavy atom. The lowest BCUT2D eigenvalue weighted by molar-refractivity contribution is -0.305. The molecule has 0 saturated carbocycles. The van der Waals surface area contributed by atoms with Gasteiger partial charge in [0.15, 0.2) is 6.29 Å². The fourth-order valence-electron chi connectivity index (χ4n) is 5.94. The number of aliphatic hydroxyl groups excluding tert-OH is 4. The first-order valence-electron chi connectivity index (χ1n) is 20.9. The predicted molar refractivity (Wildman–Crippen MR) is 214 cm³/mol. The zero-order valence-electron chi connectivity index (χ0n) is 33.2. The van der Waals surface area contributed by atoms with Crippen molar-refractivity contribution in [2.24, 2.45) is 0 Å². The van der Waals surface area contributed by atoms with Crippen molar-refractivity contribution in [2.75, 3.05) is 26.4 Å². The van der Waals surface area contributed by atoms with Crippen LogP contribution in [0, 0.1) is 0 Å². The molecule has 0 amide bonds. The first-order chi connectivity index (χ1) is 25.9. The van der Waals surface area contributed by atoms with Gasteiger partial charge in [0.05, 0.1) is 19.8 Å². The van der Waals surface area contributed by atoms with Crippen LogP contribution in [0.5, 0.6) is 0 Å². The van der Waals surface area contributed by atoms with E-state index in [0.29, 0.717) is 13.0 Å². The van der Waals surface area contributed by atoms with E-state index in [4.69, 9.17) is 18.9 Å². The molecule has 0 aromatic carbocycles. The highest BCUT2D eigenvalue weighted by Crippen LogP contribution is 2.22. The second-order valence-corrected chi connectivity index (χ2v) is 14.1.